The normalized spacial score (nSPS) is 18.2. The summed E-state index contributed by atoms with van der Waals surface area (Å²) in [5, 5.41) is 0. The van der Waals surface area contributed by atoms with Crippen molar-refractivity contribution in [3.05, 3.63) is 41.6 Å². The number of para-hydroxylation sites is 1. The minimum atomic E-state index is 0.912. The van der Waals surface area contributed by atoms with Crippen molar-refractivity contribution in [2.45, 2.75) is 45.4 Å². The Kier molecular flexibility index (Phi) is 4.37. The van der Waals surface area contributed by atoms with Crippen molar-refractivity contribution in [3.8, 4) is 0 Å². The van der Waals surface area contributed by atoms with Crippen LogP contribution in [0.5, 0.6) is 0 Å². The average molecular weight is 322 g/mol. The third-order valence-corrected chi connectivity index (χ3v) is 5.10. The second-order valence-electron chi connectivity index (χ2n) is 6.95. The molecule has 0 amide bonds. The maximum absolute atomic E-state index is 4.96. The first-order valence-corrected chi connectivity index (χ1v) is 9.27. The Balaban J connectivity index is 1.69. The Labute approximate surface area is 144 Å². The highest BCUT2D eigenvalue weighted by Gasteiger charge is 2.21. The van der Waals surface area contributed by atoms with Gasteiger partial charge >= 0.3 is 0 Å². The molecule has 0 unspecified atom stereocenters. The van der Waals surface area contributed by atoms with Crippen LogP contribution < -0.4 is 9.80 Å². The van der Waals surface area contributed by atoms with Gasteiger partial charge in [-0.05, 0) is 44.2 Å². The van der Waals surface area contributed by atoms with Crippen LogP contribution in [-0.2, 0) is 6.42 Å². The molecule has 24 heavy (non-hydrogen) atoms. The van der Waals surface area contributed by atoms with Gasteiger partial charge in [0.1, 0.15) is 5.82 Å². The lowest BCUT2D eigenvalue weighted by atomic mass is 10.0. The zero-order valence-electron chi connectivity index (χ0n) is 14.5. The number of fused-ring (bicyclic) bond motifs is 1. The number of aromatic nitrogens is 2. The van der Waals surface area contributed by atoms with Crippen LogP contribution in [0.1, 0.15) is 43.4 Å². The molecule has 0 bridgehead atoms. The molecule has 4 heteroatoms. The number of benzene rings is 1. The number of hydrogen-bond donors (Lipinski definition) is 0. The van der Waals surface area contributed by atoms with E-state index in [0.29, 0.717) is 0 Å². The van der Waals surface area contributed by atoms with Crippen molar-refractivity contribution in [2.24, 2.45) is 0 Å². The smallest absolute Gasteiger partial charge is 0.227 e. The molecule has 2 aromatic rings. The van der Waals surface area contributed by atoms with Gasteiger partial charge in [0.2, 0.25) is 5.95 Å². The topological polar surface area (TPSA) is 32.3 Å². The first-order valence-electron chi connectivity index (χ1n) is 9.27. The van der Waals surface area contributed by atoms with Crippen LogP contribution in [-0.4, -0.2) is 29.6 Å². The third-order valence-electron chi connectivity index (χ3n) is 5.10. The molecule has 0 aliphatic carbocycles. The SMILES string of the molecule is Cc1cc(N2CCCc3ccccc32)nc(N2CCCCCC2)n1. The van der Waals surface area contributed by atoms with Crippen molar-refractivity contribution in [1.82, 2.24) is 9.97 Å². The molecule has 2 aliphatic rings. The monoisotopic (exact) mass is 322 g/mol. The van der Waals surface area contributed by atoms with Gasteiger partial charge in [0.05, 0.1) is 0 Å². The molecule has 4 rings (SSSR count). The van der Waals surface area contributed by atoms with Crippen molar-refractivity contribution in [1.29, 1.82) is 0 Å². The zero-order chi connectivity index (χ0) is 16.4. The van der Waals surface area contributed by atoms with Crippen LogP contribution in [0.3, 0.4) is 0 Å². The van der Waals surface area contributed by atoms with Gasteiger partial charge in [-0.1, -0.05) is 31.0 Å². The second kappa shape index (κ2) is 6.80. The molecule has 1 fully saturated rings. The maximum atomic E-state index is 4.96. The van der Waals surface area contributed by atoms with Crippen molar-refractivity contribution >= 4 is 17.5 Å². The fourth-order valence-corrected chi connectivity index (χ4v) is 3.86. The zero-order valence-corrected chi connectivity index (χ0v) is 14.5. The summed E-state index contributed by atoms with van der Waals surface area (Å²) in [5.41, 5.74) is 3.79. The highest BCUT2D eigenvalue weighted by Crippen LogP contribution is 2.33. The fraction of sp³-hybridized carbons (Fsp3) is 0.500. The molecule has 2 aliphatic heterocycles. The molecule has 0 spiro atoms. The van der Waals surface area contributed by atoms with E-state index in [1.54, 1.807) is 0 Å². The van der Waals surface area contributed by atoms with Gasteiger partial charge in [0.25, 0.3) is 0 Å². The summed E-state index contributed by atoms with van der Waals surface area (Å²) in [7, 11) is 0. The number of aryl methyl sites for hydroxylation is 2. The summed E-state index contributed by atoms with van der Waals surface area (Å²) in [6.45, 7) is 5.29. The van der Waals surface area contributed by atoms with Crippen LogP contribution in [0.2, 0.25) is 0 Å². The Morgan fingerprint density at radius 3 is 2.50 bits per heavy atom. The predicted molar refractivity (Wildman–Crippen MR) is 99.2 cm³/mol. The fourth-order valence-electron chi connectivity index (χ4n) is 3.86. The molecular weight excluding hydrogens is 296 g/mol. The first kappa shape index (κ1) is 15.4. The molecule has 0 radical (unpaired) electrons. The first-order chi connectivity index (χ1) is 11.8. The summed E-state index contributed by atoms with van der Waals surface area (Å²) >= 11 is 0. The molecule has 1 aromatic carbocycles. The van der Waals surface area contributed by atoms with E-state index < -0.39 is 0 Å². The van der Waals surface area contributed by atoms with Gasteiger partial charge in [-0.2, -0.15) is 4.98 Å². The van der Waals surface area contributed by atoms with E-state index >= 15 is 0 Å². The molecule has 4 nitrogen and oxygen atoms in total. The van der Waals surface area contributed by atoms with E-state index in [4.69, 9.17) is 9.97 Å². The average Bonchev–Trinajstić information content (AvgIpc) is 2.90. The maximum Gasteiger partial charge on any atom is 0.227 e. The molecule has 126 valence electrons. The third kappa shape index (κ3) is 3.10. The Morgan fingerprint density at radius 1 is 0.875 bits per heavy atom. The van der Waals surface area contributed by atoms with E-state index in [9.17, 15) is 0 Å². The number of rotatable bonds is 2. The molecule has 0 saturated carbocycles. The summed E-state index contributed by atoms with van der Waals surface area (Å²) < 4.78 is 0. The van der Waals surface area contributed by atoms with Gasteiger partial charge in [-0.15, -0.1) is 0 Å². The summed E-state index contributed by atoms with van der Waals surface area (Å²) in [6, 6.07) is 10.9. The van der Waals surface area contributed by atoms with Gasteiger partial charge in [-0.25, -0.2) is 4.98 Å². The van der Waals surface area contributed by atoms with Crippen LogP contribution in [0.15, 0.2) is 30.3 Å². The summed E-state index contributed by atoms with van der Waals surface area (Å²) in [4.78, 5) is 14.4. The largest absolute Gasteiger partial charge is 0.341 e. The van der Waals surface area contributed by atoms with Gasteiger partial charge in [0.15, 0.2) is 0 Å². The Hall–Kier alpha value is -2.10. The van der Waals surface area contributed by atoms with E-state index in [1.165, 1.54) is 43.4 Å². The van der Waals surface area contributed by atoms with E-state index in [2.05, 4.69) is 47.1 Å². The molecule has 3 heterocycles. The molecular formula is C20H26N4. The van der Waals surface area contributed by atoms with Crippen LogP contribution in [0.4, 0.5) is 17.5 Å². The molecule has 1 saturated heterocycles. The Morgan fingerprint density at radius 2 is 1.67 bits per heavy atom. The highest BCUT2D eigenvalue weighted by atomic mass is 15.3. The lowest BCUT2D eigenvalue weighted by Gasteiger charge is -2.31. The number of anilines is 3. The van der Waals surface area contributed by atoms with Gasteiger partial charge in [0, 0.05) is 37.1 Å². The van der Waals surface area contributed by atoms with Crippen LogP contribution in [0.25, 0.3) is 0 Å². The number of hydrogen-bond acceptors (Lipinski definition) is 4. The van der Waals surface area contributed by atoms with Crippen molar-refractivity contribution in [3.63, 3.8) is 0 Å². The van der Waals surface area contributed by atoms with E-state index in [-0.39, 0.29) is 0 Å². The molecule has 0 N–H and O–H groups in total. The molecule has 1 aromatic heterocycles. The standard InChI is InChI=1S/C20H26N4/c1-16-15-19(22-20(21-16)23-12-6-2-3-7-13-23)24-14-8-10-17-9-4-5-11-18(17)24/h4-5,9,11,15H,2-3,6-8,10,12-14H2,1H3. The van der Waals surface area contributed by atoms with Crippen molar-refractivity contribution in [2.75, 3.05) is 29.4 Å². The lowest BCUT2D eigenvalue weighted by molar-refractivity contribution is 0.726. The second-order valence-corrected chi connectivity index (χ2v) is 6.95. The van der Waals surface area contributed by atoms with Crippen LogP contribution >= 0.6 is 0 Å². The predicted octanol–water partition coefficient (Wildman–Crippen LogP) is 4.25. The highest BCUT2D eigenvalue weighted by molar-refractivity contribution is 5.66. The van der Waals surface area contributed by atoms with Crippen LogP contribution in [0, 0.1) is 6.92 Å². The Bertz CT molecular complexity index is 705. The minimum Gasteiger partial charge on any atom is -0.341 e. The molecule has 0 atom stereocenters. The van der Waals surface area contributed by atoms with E-state index in [1.807, 2.05) is 0 Å². The van der Waals surface area contributed by atoms with Gasteiger partial charge < -0.3 is 9.80 Å². The summed E-state index contributed by atoms with van der Waals surface area (Å²) in [6.07, 6.45) is 7.50. The summed E-state index contributed by atoms with van der Waals surface area (Å²) in [5.74, 6) is 1.96. The van der Waals surface area contributed by atoms with Gasteiger partial charge in [-0.3, -0.25) is 0 Å². The lowest BCUT2D eigenvalue weighted by Crippen LogP contribution is -2.29. The van der Waals surface area contributed by atoms with Crippen molar-refractivity contribution < 1.29 is 0 Å². The minimum absolute atomic E-state index is 0.912. The quantitative estimate of drug-likeness (QED) is 0.827. The number of nitrogens with zero attached hydrogens (tertiary/aromatic N) is 4. The van der Waals surface area contributed by atoms with E-state index in [0.717, 1.165) is 43.5 Å².